The molecule has 0 radical (unpaired) electrons. The minimum atomic E-state index is -4.93. The average Bonchev–Trinajstić information content (AvgIpc) is 3.03. The monoisotopic (exact) mass is 504 g/mol. The second-order valence-electron chi connectivity index (χ2n) is 8.30. The smallest absolute Gasteiger partial charge is 0.388 e. The summed E-state index contributed by atoms with van der Waals surface area (Å²) in [6.07, 6.45) is -1.37. The summed E-state index contributed by atoms with van der Waals surface area (Å²) < 4.78 is 21.7. The number of carbonyl (C=O) groups is 1. The number of likely N-dealkylation sites (N-methyl/N-ethyl adjacent to an activating group) is 1. The van der Waals surface area contributed by atoms with Gasteiger partial charge in [-0.25, -0.2) is 4.57 Å². The molecular weight excluding hydrogens is 471 g/mol. The molecule has 31 heavy (non-hydrogen) atoms. The zero-order chi connectivity index (χ0) is 23.5. The van der Waals surface area contributed by atoms with Crippen LogP contribution in [-0.4, -0.2) is 98.0 Å². The number of halogens is 1. The van der Waals surface area contributed by atoms with Crippen LogP contribution < -0.4 is 5.32 Å². The molecule has 0 saturated carbocycles. The molecule has 0 aromatic rings. The van der Waals surface area contributed by atoms with E-state index in [0.29, 0.717) is 5.92 Å². The summed E-state index contributed by atoms with van der Waals surface area (Å²) in [5, 5.41) is 23.4. The Bertz CT molecular complexity index is 654. The Morgan fingerprint density at radius 3 is 2.55 bits per heavy atom. The van der Waals surface area contributed by atoms with E-state index in [2.05, 4.69) is 16.8 Å². The van der Waals surface area contributed by atoms with Gasteiger partial charge in [0.15, 0.2) is 0 Å². The number of hydrogen-bond acceptors (Lipinski definition) is 8. The van der Waals surface area contributed by atoms with Crippen LogP contribution in [0.3, 0.4) is 0 Å². The van der Waals surface area contributed by atoms with Gasteiger partial charge in [0.25, 0.3) is 0 Å². The number of phosphoric ester groups is 1. The van der Waals surface area contributed by atoms with Crippen molar-refractivity contribution >= 4 is 37.1 Å². The highest BCUT2D eigenvalue weighted by Crippen LogP contribution is 2.43. The zero-order valence-electron chi connectivity index (χ0n) is 18.1. The Balaban J connectivity index is 2.15. The molecule has 10 nitrogen and oxygen atoms in total. The maximum Gasteiger partial charge on any atom is 0.470 e. The van der Waals surface area contributed by atoms with Crippen LogP contribution in [-0.2, 0) is 18.6 Å². The highest BCUT2D eigenvalue weighted by Gasteiger charge is 2.51. The first-order valence-corrected chi connectivity index (χ1v) is 13.6. The fourth-order valence-corrected chi connectivity index (χ4v) is 5.93. The molecule has 9 atom stereocenters. The van der Waals surface area contributed by atoms with Crippen molar-refractivity contribution in [2.24, 2.45) is 5.92 Å². The highest BCUT2D eigenvalue weighted by atomic mass is 35.5. The van der Waals surface area contributed by atoms with Gasteiger partial charge >= 0.3 is 7.82 Å². The lowest BCUT2D eigenvalue weighted by molar-refractivity contribution is -0.201. The number of hydrogen-bond donors (Lipinski definition) is 5. The third-order valence-corrected chi connectivity index (χ3v) is 7.50. The van der Waals surface area contributed by atoms with E-state index >= 15 is 0 Å². The minimum absolute atomic E-state index is 0.238. The third-order valence-electron chi connectivity index (χ3n) is 5.87. The number of aliphatic hydroxyl groups is 2. The van der Waals surface area contributed by atoms with Crippen molar-refractivity contribution in [1.29, 1.82) is 0 Å². The third kappa shape index (κ3) is 7.02. The molecule has 2 aliphatic heterocycles. The van der Waals surface area contributed by atoms with Crippen molar-refractivity contribution in [2.45, 2.75) is 80.4 Å². The first-order chi connectivity index (χ1) is 14.4. The molecule has 5 N–H and O–H groups in total. The van der Waals surface area contributed by atoms with Crippen molar-refractivity contribution in [2.75, 3.05) is 19.8 Å². The predicted octanol–water partition coefficient (Wildman–Crippen LogP) is 0.506. The number of aliphatic hydroxyl groups excluding tert-OH is 2. The minimum Gasteiger partial charge on any atom is -0.388 e. The molecule has 2 saturated heterocycles. The zero-order valence-corrected chi connectivity index (χ0v) is 20.6. The first-order valence-electron chi connectivity index (χ1n) is 10.3. The second-order valence-corrected chi connectivity index (χ2v) is 11.1. The van der Waals surface area contributed by atoms with Crippen LogP contribution in [0.15, 0.2) is 0 Å². The average molecular weight is 505 g/mol. The Hall–Kier alpha value is 0.0600. The van der Waals surface area contributed by atoms with Gasteiger partial charge in [0.1, 0.15) is 29.9 Å². The molecule has 1 unspecified atom stereocenters. The molecule has 1 amide bonds. The summed E-state index contributed by atoms with van der Waals surface area (Å²) in [6, 6.07) is -1.18. The number of likely N-dealkylation sites (tertiary alicyclic amines) is 1. The second kappa shape index (κ2) is 11.5. The number of amides is 1. The van der Waals surface area contributed by atoms with E-state index in [1.54, 1.807) is 13.2 Å². The molecule has 0 aromatic carbocycles. The van der Waals surface area contributed by atoms with Crippen molar-refractivity contribution < 1.29 is 38.6 Å². The van der Waals surface area contributed by atoms with Crippen molar-refractivity contribution in [3.05, 3.63) is 0 Å². The van der Waals surface area contributed by atoms with Gasteiger partial charge < -0.3 is 30.1 Å². The molecule has 2 fully saturated rings. The molecule has 2 heterocycles. The van der Waals surface area contributed by atoms with Gasteiger partial charge in [-0.05, 0) is 39.0 Å². The highest BCUT2D eigenvalue weighted by molar-refractivity contribution is 7.99. The molecule has 0 bridgehead atoms. The SMILES string of the molecule is CCC[C@@H]1C[C@@H](C(=O)N[C@@H](C2O[C@H](SC)[C@H](OP(=O)(O)O)[C@@H](O)[C@H]2O)[C@H](C)Cl)N(C)C1. The van der Waals surface area contributed by atoms with Crippen LogP contribution in [0.1, 0.15) is 33.1 Å². The number of thioether (sulfide) groups is 1. The number of nitrogens with zero attached hydrogens (tertiary/aromatic N) is 1. The summed E-state index contributed by atoms with van der Waals surface area (Å²) in [5.74, 6) is 0.195. The standard InChI is InChI=1S/C18H34ClN2O8PS/c1-5-6-10-7-11(21(3)8-10)17(24)20-12(9(2)19)15-13(22)14(23)16(18(28-15)31-4)29-30(25,26)27/h9-16,18,22-23H,5-8H2,1-4H3,(H,20,24)(H2,25,26,27)/t9-,10+,11-,12+,13+,14-,15?,16+,18+/m0/s1. The lowest BCUT2D eigenvalue weighted by Gasteiger charge is -2.45. The summed E-state index contributed by atoms with van der Waals surface area (Å²) in [5.41, 5.74) is -0.992. The van der Waals surface area contributed by atoms with Crippen LogP contribution in [0.4, 0.5) is 0 Å². The van der Waals surface area contributed by atoms with Gasteiger partial charge in [-0.3, -0.25) is 14.2 Å². The van der Waals surface area contributed by atoms with E-state index in [9.17, 15) is 19.6 Å². The maximum atomic E-state index is 13.0. The largest absolute Gasteiger partial charge is 0.470 e. The van der Waals surface area contributed by atoms with Gasteiger partial charge in [-0.2, -0.15) is 0 Å². The Kier molecular flexibility index (Phi) is 10.1. The Morgan fingerprint density at radius 1 is 1.39 bits per heavy atom. The van der Waals surface area contributed by atoms with Gasteiger partial charge in [0.2, 0.25) is 5.91 Å². The van der Waals surface area contributed by atoms with Crippen molar-refractivity contribution in [3.63, 3.8) is 0 Å². The maximum absolute atomic E-state index is 13.0. The van der Waals surface area contributed by atoms with Crippen LogP contribution in [0.2, 0.25) is 0 Å². The molecular formula is C18H34ClN2O8PS. The Morgan fingerprint density at radius 2 is 2.03 bits per heavy atom. The summed E-state index contributed by atoms with van der Waals surface area (Å²) >= 11 is 7.38. The van der Waals surface area contributed by atoms with Crippen LogP contribution in [0.5, 0.6) is 0 Å². The number of carbonyl (C=O) groups excluding carboxylic acids is 1. The van der Waals surface area contributed by atoms with E-state index in [1.807, 2.05) is 11.9 Å². The molecule has 182 valence electrons. The Labute approximate surface area is 192 Å². The summed E-state index contributed by atoms with van der Waals surface area (Å²) in [7, 11) is -3.04. The first kappa shape index (κ1) is 27.3. The van der Waals surface area contributed by atoms with Crippen LogP contribution in [0.25, 0.3) is 0 Å². The normalized spacial score (nSPS) is 36.9. The van der Waals surface area contributed by atoms with Gasteiger partial charge in [0.05, 0.1) is 17.5 Å². The van der Waals surface area contributed by atoms with Crippen molar-refractivity contribution in [1.82, 2.24) is 10.2 Å². The van der Waals surface area contributed by atoms with E-state index in [4.69, 9.17) is 26.1 Å². The van der Waals surface area contributed by atoms with E-state index < -0.39 is 49.1 Å². The lowest BCUT2D eigenvalue weighted by atomic mass is 9.92. The quantitative estimate of drug-likeness (QED) is 0.222. The number of rotatable bonds is 9. The van der Waals surface area contributed by atoms with Gasteiger partial charge in [-0.1, -0.05) is 13.3 Å². The predicted molar refractivity (Wildman–Crippen MR) is 118 cm³/mol. The van der Waals surface area contributed by atoms with E-state index in [0.717, 1.165) is 37.6 Å². The molecule has 13 heteroatoms. The van der Waals surface area contributed by atoms with Crippen LogP contribution >= 0.6 is 31.2 Å². The topological polar surface area (TPSA) is 149 Å². The summed E-state index contributed by atoms with van der Waals surface area (Å²) in [4.78, 5) is 33.3. The molecule has 2 aliphatic rings. The van der Waals surface area contributed by atoms with Crippen molar-refractivity contribution in [3.8, 4) is 0 Å². The fourth-order valence-electron chi connectivity index (χ4n) is 4.37. The van der Waals surface area contributed by atoms with E-state index in [-0.39, 0.29) is 11.9 Å². The fraction of sp³-hybridized carbons (Fsp3) is 0.944. The van der Waals surface area contributed by atoms with Gasteiger partial charge in [-0.15, -0.1) is 23.4 Å². The lowest BCUT2D eigenvalue weighted by Crippen LogP contribution is -2.65. The van der Waals surface area contributed by atoms with Crippen LogP contribution in [0, 0.1) is 5.92 Å². The molecule has 0 aromatic heterocycles. The number of alkyl halides is 1. The molecule has 0 spiro atoms. The number of ether oxygens (including phenoxy) is 1. The van der Waals surface area contributed by atoms with E-state index in [1.165, 1.54) is 0 Å². The molecule has 2 rings (SSSR count). The molecule has 0 aliphatic carbocycles. The summed E-state index contributed by atoms with van der Waals surface area (Å²) in [6.45, 7) is 4.57. The number of phosphoric acid groups is 1. The number of nitrogens with one attached hydrogen (secondary N) is 1. The van der Waals surface area contributed by atoms with Gasteiger partial charge in [0, 0.05) is 6.54 Å².